The van der Waals surface area contributed by atoms with Gasteiger partial charge in [-0.05, 0) is 42.2 Å². The van der Waals surface area contributed by atoms with E-state index in [1.54, 1.807) is 7.11 Å². The summed E-state index contributed by atoms with van der Waals surface area (Å²) in [6.45, 7) is 0.607. The van der Waals surface area contributed by atoms with E-state index < -0.39 is 0 Å². The van der Waals surface area contributed by atoms with E-state index in [9.17, 15) is 4.79 Å². The topological polar surface area (TPSA) is 85.2 Å². The molecule has 1 unspecified atom stereocenters. The predicted octanol–water partition coefficient (Wildman–Crippen LogP) is 0.101. The van der Waals surface area contributed by atoms with Crippen LogP contribution in [0.3, 0.4) is 0 Å². The quantitative estimate of drug-likeness (QED) is 0.781. The van der Waals surface area contributed by atoms with Gasteiger partial charge in [0.15, 0.2) is 0 Å². The third-order valence-corrected chi connectivity index (χ3v) is 3.31. The second-order valence-electron chi connectivity index (χ2n) is 5.06. The fourth-order valence-electron chi connectivity index (χ4n) is 2.09. The minimum absolute atomic E-state index is 0.0729. The number of benzene rings is 1. The molecule has 0 saturated heterocycles. The van der Waals surface area contributed by atoms with Crippen molar-refractivity contribution in [2.24, 2.45) is 0 Å². The third-order valence-electron chi connectivity index (χ3n) is 3.31. The van der Waals surface area contributed by atoms with Gasteiger partial charge in [-0.25, -0.2) is 4.68 Å². The van der Waals surface area contributed by atoms with Crippen LogP contribution in [0.5, 0.6) is 5.75 Å². The molecule has 0 aliphatic heterocycles. The molecule has 0 saturated carbocycles. The summed E-state index contributed by atoms with van der Waals surface area (Å²) in [5.41, 5.74) is 1.11. The number of nitrogens with one attached hydrogen (secondary N) is 1. The van der Waals surface area contributed by atoms with Crippen LogP contribution in [0.25, 0.3) is 0 Å². The Hall–Kier alpha value is -2.48. The van der Waals surface area contributed by atoms with Crippen molar-refractivity contribution in [3.8, 4) is 5.75 Å². The molecular weight excluding hydrogens is 284 g/mol. The van der Waals surface area contributed by atoms with Crippen molar-refractivity contribution in [2.75, 3.05) is 27.7 Å². The highest BCUT2D eigenvalue weighted by atomic mass is 16.5. The monoisotopic (exact) mass is 304 g/mol. The molecular formula is C14H20N6O2. The Bertz CT molecular complexity index is 582. The Morgan fingerprint density at radius 2 is 2.09 bits per heavy atom. The highest BCUT2D eigenvalue weighted by Gasteiger charge is 2.15. The lowest BCUT2D eigenvalue weighted by Gasteiger charge is -2.25. The highest BCUT2D eigenvalue weighted by molar-refractivity contribution is 5.75. The number of amides is 1. The molecule has 0 radical (unpaired) electrons. The van der Waals surface area contributed by atoms with Gasteiger partial charge in [0.05, 0.1) is 13.2 Å². The van der Waals surface area contributed by atoms with Crippen LogP contribution < -0.4 is 10.1 Å². The second kappa shape index (κ2) is 7.51. The number of hydrogen-bond acceptors (Lipinski definition) is 6. The number of tetrazole rings is 1. The Labute approximate surface area is 129 Å². The minimum atomic E-state index is -0.132. The summed E-state index contributed by atoms with van der Waals surface area (Å²) in [7, 11) is 5.59. The van der Waals surface area contributed by atoms with Gasteiger partial charge in [-0.15, -0.1) is 5.10 Å². The molecule has 1 aromatic heterocycles. The number of ether oxygens (including phenoxy) is 1. The van der Waals surface area contributed by atoms with Crippen LogP contribution in [0.1, 0.15) is 11.6 Å². The predicted molar refractivity (Wildman–Crippen MR) is 80.2 cm³/mol. The first kappa shape index (κ1) is 15.9. The summed E-state index contributed by atoms with van der Waals surface area (Å²) in [4.78, 5) is 14.0. The van der Waals surface area contributed by atoms with Gasteiger partial charge in [0.25, 0.3) is 0 Å². The molecule has 8 nitrogen and oxygen atoms in total. The number of hydrogen-bond donors (Lipinski definition) is 1. The number of methoxy groups -OCH3 is 1. The Balaban J connectivity index is 1.95. The molecule has 1 amide bonds. The number of nitrogens with zero attached hydrogens (tertiary/aromatic N) is 5. The SMILES string of the molecule is COc1ccc(C(CNC(=O)Cn2cnnn2)N(C)C)cc1. The fourth-order valence-corrected chi connectivity index (χ4v) is 2.09. The average Bonchev–Trinajstić information content (AvgIpc) is 3.00. The highest BCUT2D eigenvalue weighted by Crippen LogP contribution is 2.20. The number of rotatable bonds is 7. The number of likely N-dealkylation sites (N-methyl/N-ethyl adjacent to an activating group) is 1. The molecule has 22 heavy (non-hydrogen) atoms. The molecule has 1 atom stereocenters. The molecule has 2 aromatic rings. The second-order valence-corrected chi connectivity index (χ2v) is 5.06. The largest absolute Gasteiger partial charge is 0.497 e. The molecule has 0 fully saturated rings. The van der Waals surface area contributed by atoms with E-state index in [0.29, 0.717) is 6.54 Å². The van der Waals surface area contributed by atoms with Crippen LogP contribution in [0.15, 0.2) is 30.6 Å². The molecule has 118 valence electrons. The zero-order chi connectivity index (χ0) is 15.9. The molecule has 2 rings (SSSR count). The van der Waals surface area contributed by atoms with Crippen molar-refractivity contribution in [3.05, 3.63) is 36.2 Å². The van der Waals surface area contributed by atoms with Gasteiger partial charge in [-0.1, -0.05) is 12.1 Å². The first-order chi connectivity index (χ1) is 10.6. The van der Waals surface area contributed by atoms with Crippen LogP contribution >= 0.6 is 0 Å². The Morgan fingerprint density at radius 3 is 2.64 bits per heavy atom. The maximum absolute atomic E-state index is 11.9. The van der Waals surface area contributed by atoms with Crippen molar-refractivity contribution >= 4 is 5.91 Å². The van der Waals surface area contributed by atoms with E-state index in [2.05, 4.69) is 25.7 Å². The van der Waals surface area contributed by atoms with Crippen molar-refractivity contribution < 1.29 is 9.53 Å². The lowest BCUT2D eigenvalue weighted by atomic mass is 10.1. The molecule has 0 spiro atoms. The summed E-state index contributed by atoms with van der Waals surface area (Å²) in [6.07, 6.45) is 1.41. The molecule has 1 aromatic carbocycles. The standard InChI is InChI=1S/C14H20N6O2/c1-19(2)13(11-4-6-12(22-3)7-5-11)8-15-14(21)9-20-10-16-17-18-20/h4-7,10,13H,8-9H2,1-3H3,(H,15,21). The van der Waals surface area contributed by atoms with Gasteiger partial charge in [0, 0.05) is 6.54 Å². The van der Waals surface area contributed by atoms with Crippen LogP contribution in [-0.4, -0.2) is 58.8 Å². The molecule has 0 aliphatic carbocycles. The molecule has 1 N–H and O–H groups in total. The van der Waals surface area contributed by atoms with Crippen molar-refractivity contribution in [1.29, 1.82) is 0 Å². The van der Waals surface area contributed by atoms with E-state index in [1.165, 1.54) is 11.0 Å². The van der Waals surface area contributed by atoms with Crippen LogP contribution in [0, 0.1) is 0 Å². The summed E-state index contributed by atoms with van der Waals surface area (Å²) < 4.78 is 6.54. The summed E-state index contributed by atoms with van der Waals surface area (Å²) in [5, 5.41) is 13.6. The average molecular weight is 304 g/mol. The van der Waals surface area contributed by atoms with Crippen molar-refractivity contribution in [1.82, 2.24) is 30.4 Å². The lowest BCUT2D eigenvalue weighted by Crippen LogP contribution is -2.36. The van der Waals surface area contributed by atoms with E-state index >= 15 is 0 Å². The lowest BCUT2D eigenvalue weighted by molar-refractivity contribution is -0.122. The molecule has 8 heteroatoms. The maximum Gasteiger partial charge on any atom is 0.241 e. The van der Waals surface area contributed by atoms with Crippen LogP contribution in [-0.2, 0) is 11.3 Å². The van der Waals surface area contributed by atoms with Crippen molar-refractivity contribution in [3.63, 3.8) is 0 Å². The van der Waals surface area contributed by atoms with Gasteiger partial charge >= 0.3 is 0 Å². The normalized spacial score (nSPS) is 12.2. The van der Waals surface area contributed by atoms with Gasteiger partial charge < -0.3 is 15.0 Å². The van der Waals surface area contributed by atoms with Crippen LogP contribution in [0.2, 0.25) is 0 Å². The maximum atomic E-state index is 11.9. The summed E-state index contributed by atoms with van der Waals surface area (Å²) >= 11 is 0. The third kappa shape index (κ3) is 4.26. The summed E-state index contributed by atoms with van der Waals surface area (Å²) in [6, 6.07) is 7.89. The van der Waals surface area contributed by atoms with Gasteiger partial charge in [-0.2, -0.15) is 0 Å². The number of carbonyl (C=O) groups is 1. The van der Waals surface area contributed by atoms with E-state index in [1.807, 2.05) is 38.4 Å². The van der Waals surface area contributed by atoms with Crippen LogP contribution in [0.4, 0.5) is 0 Å². The molecule has 0 bridgehead atoms. The summed E-state index contributed by atoms with van der Waals surface area (Å²) in [5.74, 6) is 0.677. The smallest absolute Gasteiger partial charge is 0.241 e. The zero-order valence-electron chi connectivity index (χ0n) is 12.9. The van der Waals surface area contributed by atoms with E-state index in [0.717, 1.165) is 11.3 Å². The van der Waals surface area contributed by atoms with Crippen molar-refractivity contribution in [2.45, 2.75) is 12.6 Å². The van der Waals surface area contributed by atoms with Gasteiger partial charge in [0.1, 0.15) is 18.6 Å². The van der Waals surface area contributed by atoms with Gasteiger partial charge in [-0.3, -0.25) is 4.79 Å². The first-order valence-corrected chi connectivity index (χ1v) is 6.88. The first-order valence-electron chi connectivity index (χ1n) is 6.88. The Morgan fingerprint density at radius 1 is 1.36 bits per heavy atom. The minimum Gasteiger partial charge on any atom is -0.497 e. The molecule has 0 aliphatic rings. The number of carbonyl (C=O) groups excluding carboxylic acids is 1. The number of aromatic nitrogens is 4. The zero-order valence-corrected chi connectivity index (χ0v) is 12.9. The Kier molecular flexibility index (Phi) is 5.42. The van der Waals surface area contributed by atoms with E-state index in [-0.39, 0.29) is 18.5 Å². The van der Waals surface area contributed by atoms with Gasteiger partial charge in [0.2, 0.25) is 5.91 Å². The van der Waals surface area contributed by atoms with E-state index in [4.69, 9.17) is 4.74 Å². The molecule has 1 heterocycles. The fraction of sp³-hybridized carbons (Fsp3) is 0.429.